The number of carbonyl (C=O) groups excluding carboxylic acids is 2. The number of ether oxygens (including phenoxy) is 2. The minimum Gasteiger partial charge on any atom is -0.497 e. The molecule has 2 amide bonds. The van der Waals surface area contributed by atoms with Crippen molar-refractivity contribution in [3.8, 4) is 11.5 Å². The first-order valence-electron chi connectivity index (χ1n) is 12.7. The average Bonchev–Trinajstić information content (AvgIpc) is 3.54. The Morgan fingerprint density at radius 2 is 1.64 bits per heavy atom. The zero-order chi connectivity index (χ0) is 27.5. The number of nitrogens with zero attached hydrogens (tertiary/aromatic N) is 3. The number of carbonyl (C=O) groups is 2. The zero-order valence-electron chi connectivity index (χ0n) is 22.3. The summed E-state index contributed by atoms with van der Waals surface area (Å²) in [5, 5.41) is 9.51. The van der Waals surface area contributed by atoms with Gasteiger partial charge in [0.2, 0.25) is 5.91 Å². The molecule has 9 heteroatoms. The highest BCUT2D eigenvalue weighted by atomic mass is 32.2. The van der Waals surface area contributed by atoms with Gasteiger partial charge in [0.25, 0.3) is 5.91 Å². The smallest absolute Gasteiger partial charge is 0.262 e. The van der Waals surface area contributed by atoms with Crippen molar-refractivity contribution >= 4 is 40.1 Å². The van der Waals surface area contributed by atoms with Gasteiger partial charge in [-0.25, -0.2) is 5.01 Å². The van der Waals surface area contributed by atoms with E-state index in [0.717, 1.165) is 39.5 Å². The van der Waals surface area contributed by atoms with Crippen LogP contribution in [0.15, 0.2) is 76.8 Å². The monoisotopic (exact) mass is 542 g/mol. The summed E-state index contributed by atoms with van der Waals surface area (Å²) in [6.07, 6.45) is 0.657. The van der Waals surface area contributed by atoms with Crippen LogP contribution in [0.1, 0.15) is 41.1 Å². The summed E-state index contributed by atoms with van der Waals surface area (Å²) in [6.45, 7) is 4.02. The number of amidine groups is 1. The van der Waals surface area contributed by atoms with Crippen molar-refractivity contribution in [1.29, 1.82) is 0 Å². The molecular formula is C30H30N4O4S. The molecule has 3 aromatic rings. The number of hydrogen-bond acceptors (Lipinski definition) is 7. The van der Waals surface area contributed by atoms with Crippen LogP contribution in [-0.2, 0) is 9.59 Å². The fourth-order valence-electron chi connectivity index (χ4n) is 4.53. The van der Waals surface area contributed by atoms with Gasteiger partial charge in [0.15, 0.2) is 5.17 Å². The Hall–Kier alpha value is -4.11. The van der Waals surface area contributed by atoms with Crippen molar-refractivity contribution in [2.75, 3.05) is 19.5 Å². The lowest BCUT2D eigenvalue weighted by Gasteiger charge is -2.23. The maximum atomic E-state index is 12.9. The van der Waals surface area contributed by atoms with Crippen LogP contribution in [0, 0.1) is 13.8 Å². The van der Waals surface area contributed by atoms with Gasteiger partial charge in [-0.1, -0.05) is 30.0 Å². The van der Waals surface area contributed by atoms with Crippen molar-refractivity contribution in [2.45, 2.75) is 38.0 Å². The lowest BCUT2D eigenvalue weighted by atomic mass is 9.98. The maximum absolute atomic E-state index is 12.9. The number of nitrogens with one attached hydrogen (secondary N) is 1. The van der Waals surface area contributed by atoms with Crippen LogP contribution in [-0.4, -0.2) is 47.2 Å². The van der Waals surface area contributed by atoms with Gasteiger partial charge >= 0.3 is 0 Å². The highest BCUT2D eigenvalue weighted by molar-refractivity contribution is 8.15. The Morgan fingerprint density at radius 1 is 0.974 bits per heavy atom. The van der Waals surface area contributed by atoms with Crippen LogP contribution < -0.4 is 14.8 Å². The Kier molecular flexibility index (Phi) is 7.70. The predicted molar refractivity (Wildman–Crippen MR) is 155 cm³/mol. The summed E-state index contributed by atoms with van der Waals surface area (Å²) in [6, 6.07) is 21.2. The first-order valence-corrected chi connectivity index (χ1v) is 13.5. The standard InChI is InChI=1S/C30H30N4O4S/c1-18-5-10-22(15-19(18)2)31-28(35)17-27-29(36)32-30(39-27)34-26(21-8-13-24(38-4)14-9-21)16-25(33-34)20-6-11-23(37-3)12-7-20/h5-15,26-27H,16-17H2,1-4H3,(H,31,35). The fourth-order valence-corrected chi connectivity index (χ4v) is 5.60. The van der Waals surface area contributed by atoms with Gasteiger partial charge in [0.05, 0.1) is 26.0 Å². The van der Waals surface area contributed by atoms with Crippen molar-refractivity contribution in [1.82, 2.24) is 5.01 Å². The topological polar surface area (TPSA) is 92.6 Å². The third kappa shape index (κ3) is 5.83. The van der Waals surface area contributed by atoms with Crippen LogP contribution in [0.2, 0.25) is 0 Å². The molecule has 5 rings (SSSR count). The molecule has 0 aromatic heterocycles. The summed E-state index contributed by atoms with van der Waals surface area (Å²) >= 11 is 1.28. The second-order valence-corrected chi connectivity index (χ2v) is 10.7. The SMILES string of the molecule is COc1ccc(C2=NN(C3=NC(=O)C(CC(=O)Nc4ccc(C)c(C)c4)S3)C(c3ccc(OC)cc3)C2)cc1. The van der Waals surface area contributed by atoms with Crippen molar-refractivity contribution in [3.05, 3.63) is 89.0 Å². The fraction of sp³-hybridized carbons (Fsp3) is 0.267. The molecular weight excluding hydrogens is 512 g/mol. The van der Waals surface area contributed by atoms with Crippen LogP contribution in [0.5, 0.6) is 11.5 Å². The number of hydrogen-bond donors (Lipinski definition) is 1. The van der Waals surface area contributed by atoms with E-state index in [1.807, 2.05) is 85.6 Å². The van der Waals surface area contributed by atoms with E-state index in [1.54, 1.807) is 14.2 Å². The molecule has 0 radical (unpaired) electrons. The summed E-state index contributed by atoms with van der Waals surface area (Å²) in [4.78, 5) is 30.0. The van der Waals surface area contributed by atoms with Gasteiger partial charge in [-0.15, -0.1) is 0 Å². The van der Waals surface area contributed by atoms with Gasteiger partial charge < -0.3 is 14.8 Å². The Balaban J connectivity index is 1.35. The minimum atomic E-state index is -0.608. The highest BCUT2D eigenvalue weighted by Gasteiger charge is 2.39. The normalized spacial score (nSPS) is 18.6. The van der Waals surface area contributed by atoms with E-state index in [0.29, 0.717) is 17.3 Å². The van der Waals surface area contributed by atoms with E-state index in [9.17, 15) is 9.59 Å². The Morgan fingerprint density at radius 3 is 2.28 bits per heavy atom. The number of methoxy groups -OCH3 is 2. The van der Waals surface area contributed by atoms with Crippen LogP contribution in [0.25, 0.3) is 0 Å². The molecule has 3 aromatic carbocycles. The van der Waals surface area contributed by atoms with E-state index < -0.39 is 5.25 Å². The van der Waals surface area contributed by atoms with Gasteiger partial charge in [-0.05, 0) is 84.6 Å². The lowest BCUT2D eigenvalue weighted by molar-refractivity contribution is -0.121. The first-order chi connectivity index (χ1) is 18.8. The second kappa shape index (κ2) is 11.3. The van der Waals surface area contributed by atoms with Crippen LogP contribution in [0.3, 0.4) is 0 Å². The predicted octanol–water partition coefficient (Wildman–Crippen LogP) is 5.50. The average molecular weight is 543 g/mol. The molecule has 0 spiro atoms. The number of aliphatic imine (C=N–C) groups is 1. The molecule has 2 heterocycles. The molecule has 200 valence electrons. The molecule has 2 aliphatic heterocycles. The molecule has 2 atom stereocenters. The van der Waals surface area contributed by atoms with E-state index in [2.05, 4.69) is 10.3 Å². The van der Waals surface area contributed by atoms with E-state index in [-0.39, 0.29) is 24.3 Å². The molecule has 0 saturated carbocycles. The molecule has 1 N–H and O–H groups in total. The molecule has 0 aliphatic carbocycles. The van der Waals surface area contributed by atoms with Gasteiger partial charge in [-0.3, -0.25) is 9.59 Å². The lowest BCUT2D eigenvalue weighted by Crippen LogP contribution is -2.25. The number of rotatable bonds is 7. The summed E-state index contributed by atoms with van der Waals surface area (Å²) in [5.41, 5.74) is 5.83. The van der Waals surface area contributed by atoms with E-state index in [1.165, 1.54) is 11.8 Å². The Labute approximate surface area is 232 Å². The molecule has 0 bridgehead atoms. The molecule has 39 heavy (non-hydrogen) atoms. The van der Waals surface area contributed by atoms with Gasteiger partial charge in [0, 0.05) is 18.5 Å². The quantitative estimate of drug-likeness (QED) is 0.424. The minimum absolute atomic E-state index is 0.0273. The molecule has 2 unspecified atom stereocenters. The number of amides is 2. The number of aryl methyl sites for hydroxylation is 2. The Bertz CT molecular complexity index is 1450. The molecule has 2 aliphatic rings. The number of anilines is 1. The number of hydrazone groups is 1. The highest BCUT2D eigenvalue weighted by Crippen LogP contribution is 2.39. The third-order valence-electron chi connectivity index (χ3n) is 6.92. The van der Waals surface area contributed by atoms with Crippen molar-refractivity contribution in [3.63, 3.8) is 0 Å². The van der Waals surface area contributed by atoms with Gasteiger partial charge in [-0.2, -0.15) is 10.1 Å². The molecule has 8 nitrogen and oxygen atoms in total. The van der Waals surface area contributed by atoms with Crippen molar-refractivity contribution < 1.29 is 19.1 Å². The van der Waals surface area contributed by atoms with Crippen LogP contribution >= 0.6 is 11.8 Å². The van der Waals surface area contributed by atoms with E-state index >= 15 is 0 Å². The largest absolute Gasteiger partial charge is 0.497 e. The van der Waals surface area contributed by atoms with E-state index in [4.69, 9.17) is 14.6 Å². The number of thioether (sulfide) groups is 1. The third-order valence-corrected chi connectivity index (χ3v) is 8.06. The molecule has 0 fully saturated rings. The number of benzene rings is 3. The van der Waals surface area contributed by atoms with Crippen molar-refractivity contribution in [2.24, 2.45) is 10.1 Å². The van der Waals surface area contributed by atoms with Crippen LogP contribution in [0.4, 0.5) is 5.69 Å². The summed E-state index contributed by atoms with van der Waals surface area (Å²) in [5.74, 6) is 0.976. The summed E-state index contributed by atoms with van der Waals surface area (Å²) < 4.78 is 10.6. The molecule has 0 saturated heterocycles. The summed E-state index contributed by atoms with van der Waals surface area (Å²) in [7, 11) is 3.27. The first kappa shape index (κ1) is 26.5. The van der Waals surface area contributed by atoms with Gasteiger partial charge in [0.1, 0.15) is 16.7 Å². The maximum Gasteiger partial charge on any atom is 0.262 e. The second-order valence-electron chi connectivity index (χ2n) is 9.50. The zero-order valence-corrected chi connectivity index (χ0v) is 23.1.